The van der Waals surface area contributed by atoms with Gasteiger partial charge in [-0.15, -0.1) is 0 Å². The minimum absolute atomic E-state index is 0.183. The van der Waals surface area contributed by atoms with Crippen LogP contribution in [-0.2, 0) is 19.1 Å². The highest BCUT2D eigenvalue weighted by Crippen LogP contribution is 2.17. The molecule has 25 heavy (non-hydrogen) atoms. The summed E-state index contributed by atoms with van der Waals surface area (Å²) in [6.07, 6.45) is 1.09. The summed E-state index contributed by atoms with van der Waals surface area (Å²) < 4.78 is 10.4. The number of ether oxygens (including phenoxy) is 2. The Labute approximate surface area is 147 Å². The molecule has 0 atom stereocenters. The number of likely N-dealkylation sites (tertiary alicyclic amines) is 1. The SMILES string of the molecule is Cc1cc(C)cc(OCC(=O)OCC(=O)N2CCC(C(N)=O)CC2)c1. The summed E-state index contributed by atoms with van der Waals surface area (Å²) in [7, 11) is 0. The number of primary amides is 1. The van der Waals surface area contributed by atoms with Crippen molar-refractivity contribution >= 4 is 17.8 Å². The lowest BCUT2D eigenvalue weighted by Crippen LogP contribution is -2.43. The zero-order valence-corrected chi connectivity index (χ0v) is 14.6. The van der Waals surface area contributed by atoms with Gasteiger partial charge in [0.05, 0.1) is 0 Å². The molecule has 1 aromatic rings. The predicted octanol–water partition coefficient (Wildman–Crippen LogP) is 0.949. The first-order valence-electron chi connectivity index (χ1n) is 8.29. The van der Waals surface area contributed by atoms with Crippen LogP contribution in [0.25, 0.3) is 0 Å². The smallest absolute Gasteiger partial charge is 0.344 e. The molecule has 1 fully saturated rings. The van der Waals surface area contributed by atoms with Gasteiger partial charge in [0.1, 0.15) is 5.75 Å². The van der Waals surface area contributed by atoms with Gasteiger partial charge in [0.25, 0.3) is 5.91 Å². The van der Waals surface area contributed by atoms with Gasteiger partial charge < -0.3 is 20.1 Å². The third-order valence-electron chi connectivity index (χ3n) is 4.16. The lowest BCUT2D eigenvalue weighted by molar-refractivity contribution is -0.154. The molecule has 1 aromatic carbocycles. The molecule has 1 aliphatic rings. The highest BCUT2D eigenvalue weighted by Gasteiger charge is 2.26. The highest BCUT2D eigenvalue weighted by molar-refractivity contribution is 5.82. The molecule has 0 unspecified atom stereocenters. The molecule has 136 valence electrons. The van der Waals surface area contributed by atoms with Crippen LogP contribution in [0.4, 0.5) is 0 Å². The second-order valence-corrected chi connectivity index (χ2v) is 6.33. The van der Waals surface area contributed by atoms with Crippen molar-refractivity contribution in [2.24, 2.45) is 11.7 Å². The predicted molar refractivity (Wildman–Crippen MR) is 90.9 cm³/mol. The van der Waals surface area contributed by atoms with Crippen LogP contribution in [0.3, 0.4) is 0 Å². The molecule has 7 nitrogen and oxygen atoms in total. The number of benzene rings is 1. The number of amides is 2. The van der Waals surface area contributed by atoms with Crippen LogP contribution in [0.1, 0.15) is 24.0 Å². The number of rotatable bonds is 6. The number of carbonyl (C=O) groups excluding carboxylic acids is 3. The first-order valence-corrected chi connectivity index (χ1v) is 8.29. The molecular weight excluding hydrogens is 324 g/mol. The molecule has 2 amide bonds. The fourth-order valence-corrected chi connectivity index (χ4v) is 2.85. The average molecular weight is 348 g/mol. The number of piperidine rings is 1. The lowest BCUT2D eigenvalue weighted by Gasteiger charge is -2.30. The summed E-state index contributed by atoms with van der Waals surface area (Å²) in [6, 6.07) is 5.66. The molecule has 0 bridgehead atoms. The molecule has 1 aliphatic heterocycles. The molecule has 0 radical (unpaired) electrons. The number of esters is 1. The van der Waals surface area contributed by atoms with Gasteiger partial charge in [-0.25, -0.2) is 4.79 Å². The molecule has 0 spiro atoms. The van der Waals surface area contributed by atoms with Gasteiger partial charge in [-0.1, -0.05) is 6.07 Å². The van der Waals surface area contributed by atoms with Crippen molar-refractivity contribution < 1.29 is 23.9 Å². The lowest BCUT2D eigenvalue weighted by atomic mass is 9.96. The molecular formula is C18H24N2O5. The number of hydrogen-bond acceptors (Lipinski definition) is 5. The van der Waals surface area contributed by atoms with Crippen LogP contribution < -0.4 is 10.5 Å². The largest absolute Gasteiger partial charge is 0.482 e. The van der Waals surface area contributed by atoms with Gasteiger partial charge >= 0.3 is 5.97 Å². The van der Waals surface area contributed by atoms with Gasteiger partial charge in [0.2, 0.25) is 5.91 Å². The van der Waals surface area contributed by atoms with Crippen molar-refractivity contribution in [1.82, 2.24) is 4.90 Å². The van der Waals surface area contributed by atoms with Gasteiger partial charge in [0.15, 0.2) is 13.2 Å². The van der Waals surface area contributed by atoms with E-state index in [9.17, 15) is 14.4 Å². The van der Waals surface area contributed by atoms with E-state index in [1.807, 2.05) is 32.0 Å². The highest BCUT2D eigenvalue weighted by atomic mass is 16.6. The first-order chi connectivity index (χ1) is 11.8. The Hall–Kier alpha value is -2.57. The summed E-state index contributed by atoms with van der Waals surface area (Å²) in [4.78, 5) is 36.5. The summed E-state index contributed by atoms with van der Waals surface area (Å²) in [5.41, 5.74) is 7.34. The Kier molecular flexibility index (Phi) is 6.38. The van der Waals surface area contributed by atoms with E-state index >= 15 is 0 Å². The fourth-order valence-electron chi connectivity index (χ4n) is 2.85. The number of hydrogen-bond donors (Lipinski definition) is 1. The monoisotopic (exact) mass is 348 g/mol. The number of aryl methyl sites for hydroxylation is 2. The Balaban J connectivity index is 1.71. The summed E-state index contributed by atoms with van der Waals surface area (Å²) in [6.45, 7) is 4.21. The van der Waals surface area contributed by atoms with E-state index in [0.717, 1.165) is 11.1 Å². The maximum atomic E-state index is 12.0. The zero-order valence-electron chi connectivity index (χ0n) is 14.6. The third kappa shape index (κ3) is 5.77. The molecule has 7 heteroatoms. The maximum Gasteiger partial charge on any atom is 0.344 e. The van der Waals surface area contributed by atoms with Crippen LogP contribution in [0.5, 0.6) is 5.75 Å². The van der Waals surface area contributed by atoms with Crippen molar-refractivity contribution in [3.05, 3.63) is 29.3 Å². The standard InChI is InChI=1S/C18H24N2O5/c1-12-7-13(2)9-15(8-12)24-11-17(22)25-10-16(21)20-5-3-14(4-6-20)18(19)23/h7-9,14H,3-6,10-11H2,1-2H3,(H2,19,23). The quantitative estimate of drug-likeness (QED) is 0.772. The van der Waals surface area contributed by atoms with Crippen LogP contribution in [0.2, 0.25) is 0 Å². The van der Waals surface area contributed by atoms with E-state index in [2.05, 4.69) is 0 Å². The molecule has 0 saturated carbocycles. The van der Waals surface area contributed by atoms with Crippen molar-refractivity contribution in [3.63, 3.8) is 0 Å². The van der Waals surface area contributed by atoms with Gasteiger partial charge in [-0.3, -0.25) is 9.59 Å². The van der Waals surface area contributed by atoms with Crippen LogP contribution in [0.15, 0.2) is 18.2 Å². The van der Waals surface area contributed by atoms with Gasteiger partial charge in [-0.05, 0) is 49.9 Å². The number of nitrogens with two attached hydrogens (primary N) is 1. The van der Waals surface area contributed by atoms with E-state index in [4.69, 9.17) is 15.2 Å². The van der Waals surface area contributed by atoms with E-state index in [1.54, 1.807) is 4.90 Å². The summed E-state index contributed by atoms with van der Waals surface area (Å²) in [5.74, 6) is -0.795. The van der Waals surface area contributed by atoms with E-state index in [-0.39, 0.29) is 30.9 Å². The van der Waals surface area contributed by atoms with Crippen LogP contribution >= 0.6 is 0 Å². The zero-order chi connectivity index (χ0) is 18.4. The van der Waals surface area contributed by atoms with E-state index in [0.29, 0.717) is 31.7 Å². The minimum atomic E-state index is -0.598. The van der Waals surface area contributed by atoms with Crippen molar-refractivity contribution in [3.8, 4) is 5.75 Å². The van der Waals surface area contributed by atoms with Crippen molar-refractivity contribution in [2.45, 2.75) is 26.7 Å². The normalized spacial score (nSPS) is 14.9. The first kappa shape index (κ1) is 18.8. The maximum absolute atomic E-state index is 12.0. The van der Waals surface area contributed by atoms with E-state index < -0.39 is 5.97 Å². The molecule has 2 N–H and O–H groups in total. The number of nitrogens with zero attached hydrogens (tertiary/aromatic N) is 1. The van der Waals surface area contributed by atoms with Crippen LogP contribution in [0, 0.1) is 19.8 Å². The fraction of sp³-hybridized carbons (Fsp3) is 0.500. The number of carbonyl (C=O) groups is 3. The van der Waals surface area contributed by atoms with E-state index in [1.165, 1.54) is 0 Å². The minimum Gasteiger partial charge on any atom is -0.482 e. The topological polar surface area (TPSA) is 98.9 Å². The molecule has 1 saturated heterocycles. The third-order valence-corrected chi connectivity index (χ3v) is 4.16. The molecule has 1 heterocycles. The Morgan fingerprint density at radius 2 is 1.68 bits per heavy atom. The summed E-state index contributed by atoms with van der Waals surface area (Å²) in [5, 5.41) is 0. The molecule has 0 aliphatic carbocycles. The molecule has 2 rings (SSSR count). The van der Waals surface area contributed by atoms with Crippen LogP contribution in [-0.4, -0.2) is 49.0 Å². The Morgan fingerprint density at radius 3 is 2.24 bits per heavy atom. The van der Waals surface area contributed by atoms with Crippen molar-refractivity contribution in [1.29, 1.82) is 0 Å². The van der Waals surface area contributed by atoms with Gasteiger partial charge in [-0.2, -0.15) is 0 Å². The second kappa shape index (κ2) is 8.50. The molecule has 0 aromatic heterocycles. The van der Waals surface area contributed by atoms with Crippen molar-refractivity contribution in [2.75, 3.05) is 26.3 Å². The second-order valence-electron chi connectivity index (χ2n) is 6.33. The summed E-state index contributed by atoms with van der Waals surface area (Å²) >= 11 is 0. The Morgan fingerprint density at radius 1 is 1.08 bits per heavy atom. The Bertz CT molecular complexity index is 631. The van der Waals surface area contributed by atoms with Gasteiger partial charge in [0, 0.05) is 19.0 Å². The average Bonchev–Trinajstić information content (AvgIpc) is 2.57.